The van der Waals surface area contributed by atoms with Gasteiger partial charge in [0.05, 0.1) is 19.8 Å². The Morgan fingerprint density at radius 3 is 2.39 bits per heavy atom. The number of H-pyrrole nitrogens is 1. The highest BCUT2D eigenvalue weighted by Gasteiger charge is 2.20. The van der Waals surface area contributed by atoms with E-state index < -0.39 is 6.10 Å². The van der Waals surface area contributed by atoms with E-state index in [1.807, 2.05) is 97.1 Å². The van der Waals surface area contributed by atoms with E-state index in [1.54, 1.807) is 7.11 Å². The van der Waals surface area contributed by atoms with Crippen LogP contribution >= 0.6 is 0 Å². The molecule has 0 aliphatic rings. The van der Waals surface area contributed by atoms with Gasteiger partial charge in [-0.1, -0.05) is 72.8 Å². The molecule has 4 aromatic carbocycles. The zero-order valence-electron chi connectivity index (χ0n) is 21.5. The minimum atomic E-state index is -0.895. The number of fused-ring (bicyclic) bond motifs is 3. The minimum absolute atomic E-state index is 0.0254. The highest BCUT2D eigenvalue weighted by Crippen LogP contribution is 2.33. The van der Waals surface area contributed by atoms with E-state index in [-0.39, 0.29) is 18.7 Å². The molecule has 0 saturated carbocycles. The maximum atomic E-state index is 13.2. The molecule has 6 heteroatoms. The Morgan fingerprint density at radius 1 is 0.868 bits per heavy atom. The number of aliphatic hydroxyl groups is 1. The van der Waals surface area contributed by atoms with Gasteiger partial charge in [-0.25, -0.2) is 0 Å². The van der Waals surface area contributed by atoms with E-state index in [1.165, 1.54) is 0 Å². The fraction of sp³-hybridized carbons (Fsp3) is 0.219. The number of benzene rings is 4. The molecule has 1 atom stereocenters. The lowest BCUT2D eigenvalue weighted by atomic mass is 9.98. The number of nitrogens with one attached hydrogen (secondary N) is 1. The van der Waals surface area contributed by atoms with Crippen LogP contribution < -0.4 is 9.47 Å². The van der Waals surface area contributed by atoms with Crippen LogP contribution in [0.2, 0.25) is 0 Å². The van der Waals surface area contributed by atoms with Crippen molar-refractivity contribution < 1.29 is 19.4 Å². The quantitative estimate of drug-likeness (QED) is 0.219. The van der Waals surface area contributed by atoms with Crippen molar-refractivity contribution in [3.05, 3.63) is 108 Å². The molecule has 38 heavy (non-hydrogen) atoms. The van der Waals surface area contributed by atoms with Crippen molar-refractivity contribution in [1.82, 2.24) is 9.88 Å². The van der Waals surface area contributed by atoms with Gasteiger partial charge >= 0.3 is 0 Å². The first kappa shape index (κ1) is 25.5. The number of hydrogen-bond acceptors (Lipinski definition) is 5. The third-order valence-electron chi connectivity index (χ3n) is 6.73. The standard InChI is InChI=1S/C32H32N2O4/c1-37-30-16-7-8-17-31(30)38-19-18-34(21-23-10-3-2-4-11-23)22-24(35)20-29(36)26-13-9-15-28-32(26)25-12-5-6-14-27(25)33-28/h2-17,29,33,36H,18-22H2,1H3. The maximum absolute atomic E-state index is 13.2. The number of carbonyl (C=O) groups is 1. The Balaban J connectivity index is 1.28. The normalized spacial score (nSPS) is 12.2. The number of carbonyl (C=O) groups excluding carboxylic acids is 1. The Labute approximate surface area is 222 Å². The van der Waals surface area contributed by atoms with Crippen LogP contribution in [0.4, 0.5) is 0 Å². The number of rotatable bonds is 12. The predicted octanol–water partition coefficient (Wildman–Crippen LogP) is 5.90. The Morgan fingerprint density at radius 2 is 1.58 bits per heavy atom. The third kappa shape index (κ3) is 5.88. The number of aromatic amines is 1. The second-order valence-corrected chi connectivity index (χ2v) is 9.39. The number of para-hydroxylation sites is 3. The number of hydrogen-bond donors (Lipinski definition) is 2. The predicted molar refractivity (Wildman–Crippen MR) is 151 cm³/mol. The lowest BCUT2D eigenvalue weighted by molar-refractivity contribution is -0.122. The Kier molecular flexibility index (Phi) is 8.02. The Hall–Kier alpha value is -4.13. The highest BCUT2D eigenvalue weighted by atomic mass is 16.5. The van der Waals surface area contributed by atoms with Gasteiger partial charge < -0.3 is 19.6 Å². The fourth-order valence-electron chi connectivity index (χ4n) is 4.93. The summed E-state index contributed by atoms with van der Waals surface area (Å²) in [5.41, 5.74) is 3.84. The van der Waals surface area contributed by atoms with Gasteiger partial charge in [-0.05, 0) is 35.4 Å². The van der Waals surface area contributed by atoms with E-state index in [9.17, 15) is 9.90 Å². The average Bonchev–Trinajstić information content (AvgIpc) is 3.32. The van der Waals surface area contributed by atoms with Crippen LogP contribution in [0.15, 0.2) is 97.1 Å². The highest BCUT2D eigenvalue weighted by molar-refractivity contribution is 6.09. The molecule has 0 saturated heterocycles. The molecule has 1 unspecified atom stereocenters. The van der Waals surface area contributed by atoms with Gasteiger partial charge in [-0.15, -0.1) is 0 Å². The van der Waals surface area contributed by atoms with Gasteiger partial charge in [0.1, 0.15) is 12.4 Å². The van der Waals surface area contributed by atoms with Crippen molar-refractivity contribution in [2.24, 2.45) is 0 Å². The van der Waals surface area contributed by atoms with E-state index in [0.29, 0.717) is 31.2 Å². The second-order valence-electron chi connectivity index (χ2n) is 9.39. The van der Waals surface area contributed by atoms with Crippen molar-refractivity contribution in [1.29, 1.82) is 0 Å². The number of ether oxygens (including phenoxy) is 2. The molecule has 0 aliphatic carbocycles. The smallest absolute Gasteiger partial charge is 0.161 e. The van der Waals surface area contributed by atoms with E-state index in [4.69, 9.17) is 9.47 Å². The van der Waals surface area contributed by atoms with Gasteiger partial charge in [-0.3, -0.25) is 9.69 Å². The number of ketones is 1. The van der Waals surface area contributed by atoms with Crippen LogP contribution in [0, 0.1) is 0 Å². The average molecular weight is 509 g/mol. The van der Waals surface area contributed by atoms with Crippen molar-refractivity contribution in [2.75, 3.05) is 26.8 Å². The lowest BCUT2D eigenvalue weighted by Crippen LogP contribution is -2.33. The van der Waals surface area contributed by atoms with Crippen molar-refractivity contribution in [3.8, 4) is 11.5 Å². The minimum Gasteiger partial charge on any atom is -0.493 e. The monoisotopic (exact) mass is 508 g/mol. The van der Waals surface area contributed by atoms with Crippen LogP contribution in [0.1, 0.15) is 23.7 Å². The van der Waals surface area contributed by atoms with Crippen LogP contribution in [-0.2, 0) is 11.3 Å². The van der Waals surface area contributed by atoms with Crippen molar-refractivity contribution in [2.45, 2.75) is 19.1 Å². The molecule has 6 nitrogen and oxygen atoms in total. The first-order valence-electron chi connectivity index (χ1n) is 12.8. The molecule has 1 heterocycles. The molecule has 5 rings (SSSR count). The van der Waals surface area contributed by atoms with Crippen molar-refractivity contribution in [3.63, 3.8) is 0 Å². The number of aliphatic hydroxyl groups excluding tert-OH is 1. The molecule has 0 spiro atoms. The third-order valence-corrected chi connectivity index (χ3v) is 6.73. The molecular weight excluding hydrogens is 476 g/mol. The van der Waals surface area contributed by atoms with Gasteiger partial charge in [0.15, 0.2) is 11.5 Å². The number of aromatic nitrogens is 1. The SMILES string of the molecule is COc1ccccc1OCCN(CC(=O)CC(O)c1cccc2[nH]c3ccccc3c12)Cc1ccccc1. The molecule has 1 aromatic heterocycles. The van der Waals surface area contributed by atoms with E-state index in [0.717, 1.165) is 32.9 Å². The molecular formula is C32H32N2O4. The summed E-state index contributed by atoms with van der Waals surface area (Å²) in [5.74, 6) is 1.32. The first-order valence-corrected chi connectivity index (χ1v) is 12.8. The summed E-state index contributed by atoms with van der Waals surface area (Å²) in [6, 6.07) is 31.4. The Bertz CT molecular complexity index is 1510. The van der Waals surface area contributed by atoms with Crippen LogP contribution in [-0.4, -0.2) is 47.6 Å². The summed E-state index contributed by atoms with van der Waals surface area (Å²) in [4.78, 5) is 18.7. The molecule has 0 radical (unpaired) electrons. The second kappa shape index (κ2) is 11.9. The van der Waals surface area contributed by atoms with E-state index >= 15 is 0 Å². The summed E-state index contributed by atoms with van der Waals surface area (Å²) in [6.45, 7) is 1.77. The molecule has 5 aromatic rings. The first-order chi connectivity index (χ1) is 18.6. The molecule has 0 fully saturated rings. The van der Waals surface area contributed by atoms with E-state index in [2.05, 4.69) is 9.88 Å². The maximum Gasteiger partial charge on any atom is 0.161 e. The summed E-state index contributed by atoms with van der Waals surface area (Å²) in [6.07, 6.45) is -0.856. The van der Waals surface area contributed by atoms with Gasteiger partial charge in [0.25, 0.3) is 0 Å². The zero-order valence-corrected chi connectivity index (χ0v) is 21.5. The van der Waals surface area contributed by atoms with Crippen LogP contribution in [0.5, 0.6) is 11.5 Å². The van der Waals surface area contributed by atoms with Gasteiger partial charge in [0.2, 0.25) is 0 Å². The topological polar surface area (TPSA) is 74.8 Å². The molecule has 194 valence electrons. The fourth-order valence-corrected chi connectivity index (χ4v) is 4.93. The van der Waals surface area contributed by atoms with Crippen LogP contribution in [0.25, 0.3) is 21.8 Å². The number of Topliss-reactive ketones (excluding diaryl/α,β-unsaturated/α-hetero) is 1. The molecule has 0 aliphatic heterocycles. The molecule has 0 bridgehead atoms. The number of nitrogens with zero attached hydrogens (tertiary/aromatic N) is 1. The summed E-state index contributed by atoms with van der Waals surface area (Å²) < 4.78 is 11.4. The molecule has 0 amide bonds. The summed E-state index contributed by atoms with van der Waals surface area (Å²) in [5, 5.41) is 13.2. The van der Waals surface area contributed by atoms with Gasteiger partial charge in [0, 0.05) is 41.3 Å². The molecule has 2 N–H and O–H groups in total. The lowest BCUT2D eigenvalue weighted by Gasteiger charge is -2.23. The summed E-state index contributed by atoms with van der Waals surface area (Å²) in [7, 11) is 1.62. The van der Waals surface area contributed by atoms with Gasteiger partial charge in [-0.2, -0.15) is 0 Å². The van der Waals surface area contributed by atoms with Crippen molar-refractivity contribution >= 4 is 27.6 Å². The largest absolute Gasteiger partial charge is 0.493 e. The summed E-state index contributed by atoms with van der Waals surface area (Å²) >= 11 is 0. The van der Waals surface area contributed by atoms with Crippen LogP contribution in [0.3, 0.4) is 0 Å². The zero-order chi connectivity index (χ0) is 26.3. The number of methoxy groups -OCH3 is 1.